The highest BCUT2D eigenvalue weighted by Crippen LogP contribution is 2.34. The summed E-state index contributed by atoms with van der Waals surface area (Å²) >= 11 is 12.7. The van der Waals surface area contributed by atoms with Gasteiger partial charge in [0.05, 0.1) is 34.5 Å². The SMILES string of the molecule is COc1cc2ccccc2cc1C(=O)N/N=C\c1cc(Cl)c(OCc2ccc(C(=O)O)cc2)c(Cl)c1. The van der Waals surface area contributed by atoms with Gasteiger partial charge in [-0.3, -0.25) is 4.79 Å². The predicted octanol–water partition coefficient (Wildman–Crippen LogP) is 6.20. The first kappa shape index (κ1) is 25.0. The van der Waals surface area contributed by atoms with Gasteiger partial charge in [0.15, 0.2) is 5.75 Å². The highest BCUT2D eigenvalue weighted by molar-refractivity contribution is 6.37. The molecule has 0 fully saturated rings. The Morgan fingerprint density at radius 3 is 2.22 bits per heavy atom. The van der Waals surface area contributed by atoms with Gasteiger partial charge in [-0.25, -0.2) is 10.2 Å². The number of fused-ring (bicyclic) bond motifs is 1. The number of nitrogens with one attached hydrogen (secondary N) is 1. The van der Waals surface area contributed by atoms with Crippen LogP contribution in [0, 0.1) is 0 Å². The second kappa shape index (κ2) is 11.1. The highest BCUT2D eigenvalue weighted by Gasteiger charge is 2.14. The van der Waals surface area contributed by atoms with Crippen molar-refractivity contribution in [1.82, 2.24) is 5.43 Å². The van der Waals surface area contributed by atoms with Gasteiger partial charge in [0.25, 0.3) is 5.91 Å². The number of aromatic carboxylic acids is 1. The average Bonchev–Trinajstić information content (AvgIpc) is 2.87. The number of carboxylic acids is 1. The summed E-state index contributed by atoms with van der Waals surface area (Å²) in [5.74, 6) is -0.715. The van der Waals surface area contributed by atoms with Crippen LogP contribution in [0.3, 0.4) is 0 Å². The minimum atomic E-state index is -1.00. The number of hydrogen-bond acceptors (Lipinski definition) is 5. The van der Waals surface area contributed by atoms with Crippen molar-refractivity contribution in [3.05, 3.63) is 105 Å². The van der Waals surface area contributed by atoms with Crippen LogP contribution in [0.2, 0.25) is 10.0 Å². The summed E-state index contributed by atoms with van der Waals surface area (Å²) in [6.45, 7) is 0.149. The maximum absolute atomic E-state index is 12.7. The number of halogens is 2. The van der Waals surface area contributed by atoms with Crippen LogP contribution in [0.15, 0.2) is 77.9 Å². The summed E-state index contributed by atoms with van der Waals surface area (Å²) in [5, 5.41) is 15.4. The second-order valence-electron chi connectivity index (χ2n) is 7.70. The largest absolute Gasteiger partial charge is 0.496 e. The molecule has 182 valence electrons. The maximum atomic E-state index is 12.7. The first-order valence-corrected chi connectivity index (χ1v) is 11.5. The number of nitrogens with zero attached hydrogens (tertiary/aromatic N) is 1. The van der Waals surface area contributed by atoms with Gasteiger partial charge in [-0.15, -0.1) is 0 Å². The molecule has 4 rings (SSSR count). The fourth-order valence-electron chi connectivity index (χ4n) is 3.48. The van der Waals surface area contributed by atoms with Crippen LogP contribution in [-0.4, -0.2) is 30.3 Å². The van der Waals surface area contributed by atoms with E-state index in [1.165, 1.54) is 25.5 Å². The highest BCUT2D eigenvalue weighted by atomic mass is 35.5. The summed E-state index contributed by atoms with van der Waals surface area (Å²) in [5.41, 5.74) is 4.33. The van der Waals surface area contributed by atoms with Crippen molar-refractivity contribution in [2.45, 2.75) is 6.61 Å². The van der Waals surface area contributed by atoms with E-state index in [-0.39, 0.29) is 28.0 Å². The number of carboxylic acid groups (broad SMARTS) is 1. The molecule has 2 N–H and O–H groups in total. The third-order valence-corrected chi connectivity index (χ3v) is 5.86. The van der Waals surface area contributed by atoms with Gasteiger partial charge in [0.1, 0.15) is 12.4 Å². The number of carbonyl (C=O) groups excluding carboxylic acids is 1. The van der Waals surface area contributed by atoms with Gasteiger partial charge < -0.3 is 14.6 Å². The smallest absolute Gasteiger partial charge is 0.335 e. The Balaban J connectivity index is 1.43. The van der Waals surface area contributed by atoms with E-state index in [0.29, 0.717) is 16.9 Å². The Bertz CT molecular complexity index is 1450. The quantitative estimate of drug-likeness (QED) is 0.212. The lowest BCUT2D eigenvalue weighted by atomic mass is 10.1. The molecule has 0 spiro atoms. The second-order valence-corrected chi connectivity index (χ2v) is 8.52. The number of methoxy groups -OCH3 is 1. The van der Waals surface area contributed by atoms with E-state index in [4.69, 9.17) is 37.8 Å². The Labute approximate surface area is 216 Å². The van der Waals surface area contributed by atoms with Gasteiger partial charge >= 0.3 is 5.97 Å². The molecule has 0 aliphatic rings. The Morgan fingerprint density at radius 2 is 1.61 bits per heavy atom. The zero-order valence-electron chi connectivity index (χ0n) is 19.0. The lowest BCUT2D eigenvalue weighted by Crippen LogP contribution is -2.18. The molecule has 0 bridgehead atoms. The lowest BCUT2D eigenvalue weighted by molar-refractivity contribution is 0.0696. The van der Waals surface area contributed by atoms with Crippen LogP contribution >= 0.6 is 23.2 Å². The molecule has 0 aliphatic heterocycles. The number of benzene rings is 4. The average molecular weight is 523 g/mol. The fraction of sp³-hybridized carbons (Fsp3) is 0.0741. The van der Waals surface area contributed by atoms with Crippen molar-refractivity contribution < 1.29 is 24.2 Å². The number of ether oxygens (including phenoxy) is 2. The molecule has 0 aliphatic carbocycles. The topological polar surface area (TPSA) is 97.2 Å². The van der Waals surface area contributed by atoms with Crippen LogP contribution in [0.4, 0.5) is 0 Å². The molecule has 0 aromatic heterocycles. The molecular weight excluding hydrogens is 503 g/mol. The van der Waals surface area contributed by atoms with Crippen LogP contribution < -0.4 is 14.9 Å². The van der Waals surface area contributed by atoms with Crippen molar-refractivity contribution in [2.24, 2.45) is 5.10 Å². The molecular formula is C27H20Cl2N2O5. The number of rotatable bonds is 8. The summed E-state index contributed by atoms with van der Waals surface area (Å²) in [6, 6.07) is 20.7. The molecule has 0 atom stereocenters. The van der Waals surface area contributed by atoms with E-state index < -0.39 is 11.9 Å². The van der Waals surface area contributed by atoms with Crippen molar-refractivity contribution in [3.63, 3.8) is 0 Å². The monoisotopic (exact) mass is 522 g/mol. The molecule has 0 saturated heterocycles. The fourth-order valence-corrected chi connectivity index (χ4v) is 4.10. The summed E-state index contributed by atoms with van der Waals surface area (Å²) in [6.07, 6.45) is 1.41. The number of hydrazone groups is 1. The van der Waals surface area contributed by atoms with Crippen LogP contribution in [0.5, 0.6) is 11.5 Å². The maximum Gasteiger partial charge on any atom is 0.335 e. The standard InChI is InChI=1S/C27H20Cl2N2O5/c1-35-24-13-20-5-3-2-4-19(20)12-21(24)26(32)31-30-14-17-10-22(28)25(23(29)11-17)36-15-16-6-8-18(9-7-16)27(33)34/h2-14H,15H2,1H3,(H,31,32)(H,33,34)/b30-14-. The first-order valence-electron chi connectivity index (χ1n) is 10.7. The molecule has 0 unspecified atom stereocenters. The zero-order valence-corrected chi connectivity index (χ0v) is 20.5. The lowest BCUT2D eigenvalue weighted by Gasteiger charge is -2.11. The zero-order chi connectivity index (χ0) is 25.7. The Morgan fingerprint density at radius 1 is 0.972 bits per heavy atom. The minimum Gasteiger partial charge on any atom is -0.496 e. The van der Waals surface area contributed by atoms with E-state index in [1.807, 2.05) is 24.3 Å². The summed E-state index contributed by atoms with van der Waals surface area (Å²) < 4.78 is 11.1. The molecule has 4 aromatic rings. The van der Waals surface area contributed by atoms with Gasteiger partial charge in [0.2, 0.25) is 0 Å². The van der Waals surface area contributed by atoms with E-state index in [1.54, 1.807) is 36.4 Å². The third-order valence-electron chi connectivity index (χ3n) is 5.30. The van der Waals surface area contributed by atoms with E-state index in [2.05, 4.69) is 10.5 Å². The van der Waals surface area contributed by atoms with Gasteiger partial charge in [0, 0.05) is 0 Å². The molecule has 0 heterocycles. The summed E-state index contributed by atoms with van der Waals surface area (Å²) in [7, 11) is 1.50. The van der Waals surface area contributed by atoms with Crippen molar-refractivity contribution in [2.75, 3.05) is 7.11 Å². The van der Waals surface area contributed by atoms with Crippen LogP contribution in [-0.2, 0) is 6.61 Å². The number of hydrogen-bond donors (Lipinski definition) is 2. The van der Waals surface area contributed by atoms with Gasteiger partial charge in [-0.2, -0.15) is 5.10 Å². The number of carbonyl (C=O) groups is 2. The van der Waals surface area contributed by atoms with Crippen molar-refractivity contribution in [1.29, 1.82) is 0 Å². The molecule has 0 saturated carbocycles. The Hall–Kier alpha value is -4.07. The Kier molecular flexibility index (Phi) is 7.73. The third kappa shape index (κ3) is 5.76. The molecule has 7 nitrogen and oxygen atoms in total. The van der Waals surface area contributed by atoms with E-state index >= 15 is 0 Å². The van der Waals surface area contributed by atoms with Gasteiger partial charge in [-0.05, 0) is 58.3 Å². The molecule has 9 heteroatoms. The predicted molar refractivity (Wildman–Crippen MR) is 140 cm³/mol. The van der Waals surface area contributed by atoms with E-state index in [9.17, 15) is 9.59 Å². The van der Waals surface area contributed by atoms with E-state index in [0.717, 1.165) is 16.3 Å². The van der Waals surface area contributed by atoms with Crippen LogP contribution in [0.25, 0.3) is 10.8 Å². The van der Waals surface area contributed by atoms with Crippen molar-refractivity contribution >= 4 is 52.1 Å². The van der Waals surface area contributed by atoms with Crippen LogP contribution in [0.1, 0.15) is 31.8 Å². The normalized spacial score (nSPS) is 11.0. The first-order chi connectivity index (χ1) is 17.4. The molecule has 36 heavy (non-hydrogen) atoms. The number of amides is 1. The molecule has 1 amide bonds. The molecule has 0 radical (unpaired) electrons. The van der Waals surface area contributed by atoms with Crippen molar-refractivity contribution in [3.8, 4) is 11.5 Å². The van der Waals surface area contributed by atoms with Gasteiger partial charge in [-0.1, -0.05) is 59.6 Å². The minimum absolute atomic E-state index is 0.149. The molecule has 4 aromatic carbocycles. The summed E-state index contributed by atoms with van der Waals surface area (Å²) in [4.78, 5) is 23.7.